The van der Waals surface area contributed by atoms with E-state index in [1.807, 2.05) is 0 Å². The van der Waals surface area contributed by atoms with Crippen LogP contribution in [0.3, 0.4) is 0 Å². The van der Waals surface area contributed by atoms with Crippen LogP contribution in [0, 0.1) is 0 Å². The zero-order valence-corrected chi connectivity index (χ0v) is 13.0. The minimum absolute atomic E-state index is 0.216. The Morgan fingerprint density at radius 1 is 0.818 bits per heavy atom. The normalized spacial score (nSPS) is 13.3. The fourth-order valence-corrected chi connectivity index (χ4v) is 4.06. The SMILES string of the molecule is C=CCN=c1oc(=O)c2sc3c(=NCC=C)oc(=O)c3sc12. The second-order valence-electron chi connectivity index (χ2n) is 4.17. The van der Waals surface area contributed by atoms with E-state index >= 15 is 0 Å². The zero-order chi connectivity index (χ0) is 15.7. The molecular formula is C14H10N2O4S2. The lowest BCUT2D eigenvalue weighted by Crippen LogP contribution is -2.00. The van der Waals surface area contributed by atoms with Crippen LogP contribution in [0.5, 0.6) is 0 Å². The summed E-state index contributed by atoms with van der Waals surface area (Å²) in [4.78, 5) is 32.2. The largest absolute Gasteiger partial charge is 0.402 e. The predicted octanol–water partition coefficient (Wildman–Crippen LogP) is 1.63. The summed E-state index contributed by atoms with van der Waals surface area (Å²) in [7, 11) is 0. The molecule has 0 saturated heterocycles. The van der Waals surface area contributed by atoms with Gasteiger partial charge in [0.15, 0.2) is 0 Å². The molecule has 0 atom stereocenters. The van der Waals surface area contributed by atoms with Crippen LogP contribution in [-0.2, 0) is 0 Å². The first kappa shape index (κ1) is 14.6. The van der Waals surface area contributed by atoms with Crippen molar-refractivity contribution < 1.29 is 8.83 Å². The Hall–Kier alpha value is -2.32. The smallest absolute Gasteiger partial charge is 0.356 e. The molecule has 0 radical (unpaired) electrons. The average molecular weight is 334 g/mol. The molecule has 0 unspecified atom stereocenters. The highest BCUT2D eigenvalue weighted by Crippen LogP contribution is 2.25. The second kappa shape index (κ2) is 5.82. The molecule has 8 heteroatoms. The lowest BCUT2D eigenvalue weighted by Gasteiger charge is -1.86. The molecule has 3 aromatic heterocycles. The predicted molar refractivity (Wildman–Crippen MR) is 86.7 cm³/mol. The molecule has 3 heterocycles. The molecule has 0 fully saturated rings. The third kappa shape index (κ3) is 2.36. The van der Waals surface area contributed by atoms with Gasteiger partial charge in [-0.3, -0.25) is 0 Å². The van der Waals surface area contributed by atoms with Crippen molar-refractivity contribution in [2.24, 2.45) is 9.98 Å². The van der Waals surface area contributed by atoms with Crippen LogP contribution in [0.1, 0.15) is 0 Å². The van der Waals surface area contributed by atoms with Gasteiger partial charge in [0.1, 0.15) is 18.8 Å². The van der Waals surface area contributed by atoms with E-state index in [9.17, 15) is 9.59 Å². The fraction of sp³-hybridized carbons (Fsp3) is 0.143. The quantitative estimate of drug-likeness (QED) is 0.679. The second-order valence-corrected chi connectivity index (χ2v) is 6.21. The standard InChI is InChI=1S/C14H10N2O4S2/c1-3-5-15-11-7-9(13(17)19-11)22-8-10(21-7)14(18)20-12(8)16-6-4-2/h3-4H,1-2,5-6H2. The van der Waals surface area contributed by atoms with Gasteiger partial charge in [-0.05, 0) is 0 Å². The minimum atomic E-state index is -0.482. The first-order valence-corrected chi connectivity index (χ1v) is 7.89. The van der Waals surface area contributed by atoms with E-state index in [0.29, 0.717) is 31.9 Å². The Labute approximate surface area is 131 Å². The van der Waals surface area contributed by atoms with Crippen LogP contribution < -0.4 is 22.4 Å². The molecule has 0 N–H and O–H groups in total. The topological polar surface area (TPSA) is 85.1 Å². The van der Waals surface area contributed by atoms with Gasteiger partial charge in [-0.2, -0.15) is 0 Å². The number of furan rings is 2. The monoisotopic (exact) mass is 334 g/mol. The molecule has 3 rings (SSSR count). The maximum absolute atomic E-state index is 11.9. The Balaban J connectivity index is 2.44. The van der Waals surface area contributed by atoms with Crippen molar-refractivity contribution in [3.63, 3.8) is 0 Å². The van der Waals surface area contributed by atoms with E-state index in [0.717, 1.165) is 22.7 Å². The van der Waals surface area contributed by atoms with Gasteiger partial charge in [-0.15, -0.1) is 35.8 Å². The highest BCUT2D eigenvalue weighted by atomic mass is 32.1. The third-order valence-electron chi connectivity index (χ3n) is 2.69. The van der Waals surface area contributed by atoms with Crippen molar-refractivity contribution in [3.8, 4) is 0 Å². The van der Waals surface area contributed by atoms with Crippen LogP contribution >= 0.6 is 22.7 Å². The van der Waals surface area contributed by atoms with E-state index in [4.69, 9.17) is 8.83 Å². The van der Waals surface area contributed by atoms with Crippen LogP contribution in [-0.4, -0.2) is 13.1 Å². The molecule has 22 heavy (non-hydrogen) atoms. The van der Waals surface area contributed by atoms with Crippen molar-refractivity contribution in [1.29, 1.82) is 0 Å². The van der Waals surface area contributed by atoms with Gasteiger partial charge in [-0.25, -0.2) is 19.6 Å². The van der Waals surface area contributed by atoms with Crippen LogP contribution in [0.2, 0.25) is 0 Å². The fourth-order valence-electron chi connectivity index (χ4n) is 1.80. The lowest BCUT2D eigenvalue weighted by molar-refractivity contribution is 0.483. The summed E-state index contributed by atoms with van der Waals surface area (Å²) in [5, 5.41) is 0. The van der Waals surface area contributed by atoms with Crippen molar-refractivity contribution >= 4 is 41.5 Å². The summed E-state index contributed by atoms with van der Waals surface area (Å²) in [6.45, 7) is 7.78. The summed E-state index contributed by atoms with van der Waals surface area (Å²) >= 11 is 2.25. The molecule has 6 nitrogen and oxygen atoms in total. The molecule has 0 aromatic carbocycles. The maximum atomic E-state index is 11.9. The van der Waals surface area contributed by atoms with Gasteiger partial charge >= 0.3 is 11.3 Å². The summed E-state index contributed by atoms with van der Waals surface area (Å²) < 4.78 is 12.2. The van der Waals surface area contributed by atoms with E-state index < -0.39 is 11.3 Å². The van der Waals surface area contributed by atoms with Crippen LogP contribution in [0.4, 0.5) is 0 Å². The van der Waals surface area contributed by atoms with Gasteiger partial charge in [0, 0.05) is 0 Å². The average Bonchev–Trinajstić information content (AvgIpc) is 3.00. The Kier molecular flexibility index (Phi) is 3.86. The Morgan fingerprint density at radius 2 is 1.23 bits per heavy atom. The minimum Gasteiger partial charge on any atom is -0.402 e. The van der Waals surface area contributed by atoms with Gasteiger partial charge in [0.05, 0.1) is 13.1 Å². The highest BCUT2D eigenvalue weighted by Gasteiger charge is 2.16. The van der Waals surface area contributed by atoms with Gasteiger partial charge in [0.25, 0.3) is 0 Å². The summed E-state index contributed by atoms with van der Waals surface area (Å²) in [6, 6.07) is 0. The zero-order valence-electron chi connectivity index (χ0n) is 11.3. The van der Waals surface area contributed by atoms with Gasteiger partial charge < -0.3 is 8.83 Å². The van der Waals surface area contributed by atoms with Crippen molar-refractivity contribution in [2.75, 3.05) is 13.1 Å². The molecule has 0 aliphatic heterocycles. The Morgan fingerprint density at radius 3 is 1.59 bits per heavy atom. The molecule has 3 aromatic rings. The molecule has 0 saturated carbocycles. The number of hydrogen-bond acceptors (Lipinski definition) is 8. The molecule has 0 aliphatic rings. The van der Waals surface area contributed by atoms with Crippen molar-refractivity contribution in [1.82, 2.24) is 0 Å². The van der Waals surface area contributed by atoms with Crippen molar-refractivity contribution in [3.05, 3.63) is 57.3 Å². The lowest BCUT2D eigenvalue weighted by atomic mass is 10.6. The molecule has 0 bridgehead atoms. The van der Waals surface area contributed by atoms with Gasteiger partial charge in [0.2, 0.25) is 11.1 Å². The number of hydrogen-bond donors (Lipinski definition) is 0. The number of fused-ring (bicyclic) bond motifs is 2. The summed E-state index contributed by atoms with van der Waals surface area (Å²) in [5.74, 6) is 0. The molecule has 0 spiro atoms. The first-order valence-electron chi connectivity index (χ1n) is 6.25. The van der Waals surface area contributed by atoms with Crippen LogP contribution in [0.25, 0.3) is 18.8 Å². The van der Waals surface area contributed by atoms with Gasteiger partial charge in [-0.1, -0.05) is 12.2 Å². The van der Waals surface area contributed by atoms with E-state index in [2.05, 4.69) is 23.1 Å². The summed E-state index contributed by atoms with van der Waals surface area (Å²) in [6.07, 6.45) is 3.18. The van der Waals surface area contributed by atoms with E-state index in [1.54, 1.807) is 12.2 Å². The Bertz CT molecular complexity index is 1020. The molecule has 0 aliphatic carbocycles. The molecule has 0 amide bonds. The third-order valence-corrected chi connectivity index (χ3v) is 5.26. The van der Waals surface area contributed by atoms with Crippen LogP contribution in [0.15, 0.2) is 53.7 Å². The number of nitrogens with zero attached hydrogens (tertiary/aromatic N) is 2. The summed E-state index contributed by atoms with van der Waals surface area (Å²) in [5.41, 5.74) is -0.532. The molecular weight excluding hydrogens is 324 g/mol. The molecule has 112 valence electrons. The van der Waals surface area contributed by atoms with E-state index in [-0.39, 0.29) is 11.1 Å². The van der Waals surface area contributed by atoms with E-state index in [1.165, 1.54) is 0 Å². The van der Waals surface area contributed by atoms with Crippen molar-refractivity contribution in [2.45, 2.75) is 0 Å². The highest BCUT2D eigenvalue weighted by molar-refractivity contribution is 7.36. The maximum Gasteiger partial charge on any atom is 0.356 e. The first-order chi connectivity index (χ1) is 10.7. The number of rotatable bonds is 4.